The van der Waals surface area contributed by atoms with Crippen molar-refractivity contribution in [3.05, 3.63) is 113 Å². The van der Waals surface area contributed by atoms with E-state index in [1.165, 1.54) is 0 Å². The molecule has 31 heavy (non-hydrogen) atoms. The van der Waals surface area contributed by atoms with Gasteiger partial charge in [0.15, 0.2) is 11.2 Å². The SMILES string of the molecule is N#CC1(C#N)[C@H](c2ccccc2)[C@H](C(=O)c2ccccc2)N2C=Cc3ccccc3[C@H]21. The van der Waals surface area contributed by atoms with E-state index in [9.17, 15) is 15.3 Å². The molecular formula is C27H19N3O. The van der Waals surface area contributed by atoms with Gasteiger partial charge in [-0.15, -0.1) is 0 Å². The minimum Gasteiger partial charge on any atom is -0.357 e. The Bertz CT molecular complexity index is 1240. The predicted octanol–water partition coefficient (Wildman–Crippen LogP) is 5.10. The molecule has 0 aliphatic carbocycles. The summed E-state index contributed by atoms with van der Waals surface area (Å²) in [6.07, 6.45) is 3.84. The molecule has 3 aromatic carbocycles. The zero-order chi connectivity index (χ0) is 21.4. The Balaban J connectivity index is 1.78. The maximum Gasteiger partial charge on any atom is 0.185 e. The van der Waals surface area contributed by atoms with Crippen molar-refractivity contribution in [2.24, 2.45) is 5.41 Å². The molecule has 0 saturated carbocycles. The summed E-state index contributed by atoms with van der Waals surface area (Å²) in [5.41, 5.74) is 1.85. The largest absolute Gasteiger partial charge is 0.357 e. The molecule has 0 N–H and O–H groups in total. The molecule has 148 valence electrons. The molecule has 0 spiro atoms. The fourth-order valence-electron chi connectivity index (χ4n) is 5.10. The molecule has 2 aliphatic rings. The highest BCUT2D eigenvalue weighted by molar-refractivity contribution is 6.01. The molecule has 0 amide bonds. The summed E-state index contributed by atoms with van der Waals surface area (Å²) in [7, 11) is 0. The maximum absolute atomic E-state index is 13.8. The number of rotatable bonds is 3. The van der Waals surface area contributed by atoms with Gasteiger partial charge in [-0.1, -0.05) is 84.9 Å². The zero-order valence-electron chi connectivity index (χ0n) is 16.7. The van der Waals surface area contributed by atoms with Crippen LogP contribution in [-0.2, 0) is 0 Å². The molecule has 4 nitrogen and oxygen atoms in total. The summed E-state index contributed by atoms with van der Waals surface area (Å²) in [6.45, 7) is 0. The Hall–Kier alpha value is -4.15. The van der Waals surface area contributed by atoms with Gasteiger partial charge in [0.2, 0.25) is 0 Å². The van der Waals surface area contributed by atoms with Crippen molar-refractivity contribution in [1.82, 2.24) is 4.90 Å². The van der Waals surface area contributed by atoms with Crippen LogP contribution in [0.15, 0.2) is 91.1 Å². The highest BCUT2D eigenvalue weighted by atomic mass is 16.1. The molecule has 5 rings (SSSR count). The first-order valence-corrected chi connectivity index (χ1v) is 10.2. The summed E-state index contributed by atoms with van der Waals surface area (Å²) in [5, 5.41) is 20.9. The van der Waals surface area contributed by atoms with Crippen LogP contribution in [0.5, 0.6) is 0 Å². The van der Waals surface area contributed by atoms with Crippen LogP contribution >= 0.6 is 0 Å². The van der Waals surface area contributed by atoms with Gasteiger partial charge in [0.1, 0.15) is 6.04 Å². The lowest BCUT2D eigenvalue weighted by Gasteiger charge is -2.34. The monoisotopic (exact) mass is 401 g/mol. The van der Waals surface area contributed by atoms with Crippen LogP contribution in [0.4, 0.5) is 0 Å². The number of carbonyl (C=O) groups is 1. The van der Waals surface area contributed by atoms with Gasteiger partial charge in [-0.05, 0) is 22.8 Å². The van der Waals surface area contributed by atoms with E-state index in [4.69, 9.17) is 0 Å². The molecule has 0 radical (unpaired) electrons. The zero-order valence-corrected chi connectivity index (χ0v) is 16.7. The predicted molar refractivity (Wildman–Crippen MR) is 117 cm³/mol. The van der Waals surface area contributed by atoms with Crippen molar-refractivity contribution >= 4 is 11.9 Å². The fraction of sp³-hybridized carbons (Fsp3) is 0.148. The number of ketones is 1. The minimum atomic E-state index is -1.42. The Morgan fingerprint density at radius 3 is 2.13 bits per heavy atom. The molecule has 1 saturated heterocycles. The fourth-order valence-corrected chi connectivity index (χ4v) is 5.10. The van der Waals surface area contributed by atoms with Gasteiger partial charge in [-0.2, -0.15) is 10.5 Å². The molecule has 0 unspecified atom stereocenters. The summed E-state index contributed by atoms with van der Waals surface area (Å²) in [6, 6.07) is 29.9. The van der Waals surface area contributed by atoms with Crippen molar-refractivity contribution in [3.8, 4) is 12.1 Å². The number of benzene rings is 3. The number of nitriles is 2. The quantitative estimate of drug-likeness (QED) is 0.573. The molecule has 2 heterocycles. The second-order valence-corrected chi connectivity index (χ2v) is 7.95. The number of fused-ring (bicyclic) bond motifs is 3. The van der Waals surface area contributed by atoms with Gasteiger partial charge < -0.3 is 4.90 Å². The van der Waals surface area contributed by atoms with Gasteiger partial charge in [-0.25, -0.2) is 0 Å². The number of nitrogens with zero attached hydrogens (tertiary/aromatic N) is 3. The normalized spacial score (nSPS) is 22.6. The van der Waals surface area contributed by atoms with Crippen LogP contribution in [0.1, 0.15) is 39.0 Å². The average molecular weight is 401 g/mol. The van der Waals surface area contributed by atoms with E-state index in [1.807, 2.05) is 90.0 Å². The lowest BCUT2D eigenvalue weighted by molar-refractivity contribution is 0.0874. The Morgan fingerprint density at radius 2 is 1.45 bits per heavy atom. The van der Waals surface area contributed by atoms with Crippen LogP contribution in [0.2, 0.25) is 0 Å². The molecule has 0 aromatic heterocycles. The second kappa shape index (κ2) is 7.27. The standard InChI is InChI=1S/C27H19N3O/c28-17-27(18-29)23(20-10-3-1-4-11-20)24(25(31)21-12-5-2-6-13-21)30-16-15-19-9-7-8-14-22(19)26(27)30/h1-16,23-24,26H/t23-,24-,26+/m1/s1. The molecule has 4 heteroatoms. The van der Waals surface area contributed by atoms with Crippen LogP contribution in [0.3, 0.4) is 0 Å². The number of hydrogen-bond acceptors (Lipinski definition) is 4. The third kappa shape index (κ3) is 2.70. The van der Waals surface area contributed by atoms with E-state index >= 15 is 0 Å². The Morgan fingerprint density at radius 1 is 0.839 bits per heavy atom. The average Bonchev–Trinajstić information content (AvgIpc) is 3.15. The van der Waals surface area contributed by atoms with Gasteiger partial charge in [0.05, 0.1) is 18.2 Å². The highest BCUT2D eigenvalue weighted by Gasteiger charge is 2.63. The van der Waals surface area contributed by atoms with Crippen molar-refractivity contribution < 1.29 is 4.79 Å². The molecule has 2 aliphatic heterocycles. The van der Waals surface area contributed by atoms with Crippen LogP contribution in [-0.4, -0.2) is 16.7 Å². The van der Waals surface area contributed by atoms with Crippen molar-refractivity contribution in [3.63, 3.8) is 0 Å². The topological polar surface area (TPSA) is 67.9 Å². The van der Waals surface area contributed by atoms with Crippen molar-refractivity contribution in [2.45, 2.75) is 18.0 Å². The minimum absolute atomic E-state index is 0.0872. The van der Waals surface area contributed by atoms with Gasteiger partial charge in [0, 0.05) is 17.7 Å². The molecular weight excluding hydrogens is 382 g/mol. The third-order valence-electron chi connectivity index (χ3n) is 6.43. The van der Waals surface area contributed by atoms with E-state index in [2.05, 4.69) is 12.1 Å². The summed E-state index contributed by atoms with van der Waals surface area (Å²) < 4.78 is 0. The lowest BCUT2D eigenvalue weighted by Crippen LogP contribution is -2.37. The van der Waals surface area contributed by atoms with Gasteiger partial charge in [0.25, 0.3) is 0 Å². The van der Waals surface area contributed by atoms with Crippen LogP contribution < -0.4 is 0 Å². The number of carbonyl (C=O) groups excluding carboxylic acids is 1. The van der Waals surface area contributed by atoms with Crippen LogP contribution in [0, 0.1) is 28.1 Å². The van der Waals surface area contributed by atoms with E-state index in [0.717, 1.165) is 16.7 Å². The van der Waals surface area contributed by atoms with Gasteiger partial charge >= 0.3 is 0 Å². The first-order valence-electron chi connectivity index (χ1n) is 10.2. The van der Waals surface area contributed by atoms with Crippen LogP contribution in [0.25, 0.3) is 6.08 Å². The Labute approximate surface area is 181 Å². The summed E-state index contributed by atoms with van der Waals surface area (Å²) in [5.74, 6) is -0.687. The first kappa shape index (κ1) is 18.9. The number of hydrogen-bond donors (Lipinski definition) is 0. The molecule has 3 aromatic rings. The smallest absolute Gasteiger partial charge is 0.185 e. The van der Waals surface area contributed by atoms with Gasteiger partial charge in [-0.3, -0.25) is 4.79 Å². The number of Topliss-reactive ketones (excluding diaryl/α,β-unsaturated/α-hetero) is 1. The van der Waals surface area contributed by atoms with Crippen molar-refractivity contribution in [1.29, 1.82) is 10.5 Å². The second-order valence-electron chi connectivity index (χ2n) is 7.95. The summed E-state index contributed by atoms with van der Waals surface area (Å²) in [4.78, 5) is 15.8. The van der Waals surface area contributed by atoms with E-state index < -0.39 is 23.4 Å². The molecule has 3 atom stereocenters. The first-order chi connectivity index (χ1) is 15.2. The van der Waals surface area contributed by atoms with E-state index in [1.54, 1.807) is 12.1 Å². The maximum atomic E-state index is 13.8. The lowest BCUT2D eigenvalue weighted by atomic mass is 9.67. The molecule has 1 fully saturated rings. The summed E-state index contributed by atoms with van der Waals surface area (Å²) >= 11 is 0. The van der Waals surface area contributed by atoms with Crippen molar-refractivity contribution in [2.75, 3.05) is 0 Å². The Kier molecular flexibility index (Phi) is 4.42. The molecule has 0 bridgehead atoms. The van der Waals surface area contributed by atoms with E-state index in [-0.39, 0.29) is 5.78 Å². The third-order valence-corrected chi connectivity index (χ3v) is 6.43. The van der Waals surface area contributed by atoms with E-state index in [0.29, 0.717) is 5.56 Å². The highest BCUT2D eigenvalue weighted by Crippen LogP contribution is 2.59.